The minimum atomic E-state index is 0.0518. The smallest absolute Gasteiger partial charge is 0.131 e. The fraction of sp³-hybridized carbons (Fsp3) is 1.00. The van der Waals surface area contributed by atoms with Crippen LogP contribution in [0.4, 0.5) is 0 Å². The third-order valence-electron chi connectivity index (χ3n) is 2.55. The van der Waals surface area contributed by atoms with E-state index < -0.39 is 0 Å². The first-order chi connectivity index (χ1) is 9.28. The molecule has 0 spiro atoms. The lowest BCUT2D eigenvalue weighted by atomic mass is 10.8. The van der Waals surface area contributed by atoms with Crippen LogP contribution in [0, 0.1) is 0 Å². The third-order valence-corrected chi connectivity index (χ3v) is 7.08. The Hall–Kier alpha value is 0.500. The van der Waals surface area contributed by atoms with Crippen LogP contribution in [-0.2, 0) is 26.5 Å². The van der Waals surface area contributed by atoms with Crippen LogP contribution in [0.1, 0.15) is 0 Å². The Morgan fingerprint density at radius 2 is 0.842 bits per heavy atom. The molecule has 0 amide bonds. The Labute approximate surface area is 121 Å². The standard InChI is InChI=1S/C12H28O5S2/c13-1-7-18(8-2-14)11-5-17-6-12-19(9-3-15)10-4-16/h13-16H,1-12H2/q+2. The van der Waals surface area contributed by atoms with Gasteiger partial charge < -0.3 is 25.2 Å². The van der Waals surface area contributed by atoms with E-state index in [4.69, 9.17) is 25.2 Å². The molecule has 0 aliphatic heterocycles. The number of aliphatic hydroxyl groups excluding tert-OH is 4. The van der Waals surface area contributed by atoms with Gasteiger partial charge in [-0.25, -0.2) is 0 Å². The van der Waals surface area contributed by atoms with Gasteiger partial charge in [0.05, 0.1) is 39.6 Å². The highest BCUT2D eigenvalue weighted by molar-refractivity contribution is 7.97. The molecule has 19 heavy (non-hydrogen) atoms. The summed E-state index contributed by atoms with van der Waals surface area (Å²) in [5.74, 6) is 4.73. The number of hydrogen-bond donors (Lipinski definition) is 4. The summed E-state index contributed by atoms with van der Waals surface area (Å²) < 4.78 is 5.57. The predicted molar refractivity (Wildman–Crippen MR) is 83.1 cm³/mol. The molecule has 0 saturated carbocycles. The van der Waals surface area contributed by atoms with Gasteiger partial charge in [-0.3, -0.25) is 0 Å². The molecular formula is C12H28O5S2+2. The topological polar surface area (TPSA) is 90.2 Å². The molecule has 0 rings (SSSR count). The van der Waals surface area contributed by atoms with E-state index in [-0.39, 0.29) is 48.2 Å². The van der Waals surface area contributed by atoms with Gasteiger partial charge in [0.1, 0.15) is 34.5 Å². The largest absolute Gasteiger partial charge is 0.391 e. The number of aliphatic hydroxyl groups is 4. The maximum Gasteiger partial charge on any atom is 0.131 e. The Balaban J connectivity index is 3.59. The SMILES string of the molecule is OCC[S+](CCO)CCOCC[S+](CCO)CCO. The van der Waals surface area contributed by atoms with Crippen molar-refractivity contribution in [2.75, 3.05) is 74.2 Å². The second-order valence-electron chi connectivity index (χ2n) is 3.96. The van der Waals surface area contributed by atoms with Crippen LogP contribution in [0.5, 0.6) is 0 Å². The van der Waals surface area contributed by atoms with Crippen LogP contribution in [0.3, 0.4) is 0 Å². The summed E-state index contributed by atoms with van der Waals surface area (Å²) >= 11 is 0. The second kappa shape index (κ2) is 14.9. The molecule has 4 N–H and O–H groups in total. The molecule has 0 aromatic heterocycles. The zero-order chi connectivity index (χ0) is 14.3. The lowest BCUT2D eigenvalue weighted by molar-refractivity contribution is 0.166. The van der Waals surface area contributed by atoms with E-state index in [1.807, 2.05) is 0 Å². The molecule has 0 radical (unpaired) electrons. The minimum Gasteiger partial charge on any atom is -0.391 e. The van der Waals surface area contributed by atoms with Crippen LogP contribution in [-0.4, -0.2) is 94.6 Å². The number of rotatable bonds is 14. The van der Waals surface area contributed by atoms with Gasteiger partial charge in [0.2, 0.25) is 0 Å². The van der Waals surface area contributed by atoms with Crippen molar-refractivity contribution in [1.82, 2.24) is 0 Å². The molecule has 0 bridgehead atoms. The molecule has 0 saturated heterocycles. The molecule has 5 nitrogen and oxygen atoms in total. The first-order valence-electron chi connectivity index (χ1n) is 6.57. The van der Waals surface area contributed by atoms with E-state index in [9.17, 15) is 0 Å². The molecule has 0 aliphatic carbocycles. The average molecular weight is 316 g/mol. The first-order valence-corrected chi connectivity index (χ1v) is 10.0. The fourth-order valence-corrected chi connectivity index (χ4v) is 4.55. The summed E-state index contributed by atoms with van der Waals surface area (Å²) in [5, 5.41) is 35.6. The van der Waals surface area contributed by atoms with E-state index >= 15 is 0 Å². The van der Waals surface area contributed by atoms with Crippen LogP contribution < -0.4 is 0 Å². The van der Waals surface area contributed by atoms with Gasteiger partial charge in [-0.15, -0.1) is 0 Å². The first kappa shape index (κ1) is 19.5. The lowest BCUT2D eigenvalue weighted by Gasteiger charge is -2.08. The maximum absolute atomic E-state index is 8.90. The fourth-order valence-electron chi connectivity index (χ4n) is 1.58. The van der Waals surface area contributed by atoms with E-state index in [0.29, 0.717) is 13.2 Å². The molecule has 0 aromatic carbocycles. The van der Waals surface area contributed by atoms with E-state index in [1.54, 1.807) is 0 Å². The van der Waals surface area contributed by atoms with Crippen molar-refractivity contribution < 1.29 is 25.2 Å². The summed E-state index contributed by atoms with van der Waals surface area (Å²) in [6.07, 6.45) is 0. The third kappa shape index (κ3) is 12.0. The Morgan fingerprint density at radius 1 is 0.526 bits per heavy atom. The highest BCUT2D eigenvalue weighted by Gasteiger charge is 2.18. The molecule has 0 aromatic rings. The minimum absolute atomic E-state index is 0.0518. The molecule has 0 heterocycles. The van der Waals surface area contributed by atoms with Crippen LogP contribution in [0.2, 0.25) is 0 Å². The summed E-state index contributed by atoms with van der Waals surface area (Å²) in [7, 11) is 0.104. The van der Waals surface area contributed by atoms with Crippen molar-refractivity contribution >= 4 is 21.8 Å². The molecule has 116 valence electrons. The Kier molecular flexibility index (Phi) is 15.3. The zero-order valence-electron chi connectivity index (χ0n) is 11.5. The zero-order valence-corrected chi connectivity index (χ0v) is 13.1. The maximum atomic E-state index is 8.90. The molecular weight excluding hydrogens is 288 g/mol. The second-order valence-corrected chi connectivity index (χ2v) is 8.86. The quantitative estimate of drug-likeness (QED) is 0.224. The Morgan fingerprint density at radius 3 is 1.11 bits per heavy atom. The lowest BCUT2D eigenvalue weighted by Crippen LogP contribution is -2.26. The van der Waals surface area contributed by atoms with E-state index in [2.05, 4.69) is 0 Å². The van der Waals surface area contributed by atoms with Crippen molar-refractivity contribution in [2.45, 2.75) is 0 Å². The molecule has 7 heteroatoms. The van der Waals surface area contributed by atoms with Crippen molar-refractivity contribution in [2.24, 2.45) is 0 Å². The van der Waals surface area contributed by atoms with Crippen molar-refractivity contribution in [3.05, 3.63) is 0 Å². The average Bonchev–Trinajstić information content (AvgIpc) is 2.39. The van der Waals surface area contributed by atoms with Crippen molar-refractivity contribution in [3.63, 3.8) is 0 Å². The van der Waals surface area contributed by atoms with Gasteiger partial charge >= 0.3 is 0 Å². The summed E-state index contributed by atoms with van der Waals surface area (Å²) in [4.78, 5) is 0. The summed E-state index contributed by atoms with van der Waals surface area (Å²) in [6.45, 7) is 1.97. The van der Waals surface area contributed by atoms with Gasteiger partial charge in [-0.1, -0.05) is 0 Å². The van der Waals surface area contributed by atoms with Crippen LogP contribution in [0.15, 0.2) is 0 Å². The molecule has 0 unspecified atom stereocenters. The van der Waals surface area contributed by atoms with E-state index in [0.717, 1.165) is 34.5 Å². The summed E-state index contributed by atoms with van der Waals surface area (Å²) in [6, 6.07) is 0. The van der Waals surface area contributed by atoms with Crippen molar-refractivity contribution in [1.29, 1.82) is 0 Å². The molecule has 0 aliphatic rings. The normalized spacial score (nSPS) is 11.7. The van der Waals surface area contributed by atoms with Gasteiger partial charge in [-0.05, 0) is 21.8 Å². The van der Waals surface area contributed by atoms with Gasteiger partial charge in [-0.2, -0.15) is 0 Å². The van der Waals surface area contributed by atoms with Crippen LogP contribution >= 0.6 is 0 Å². The molecule has 0 atom stereocenters. The highest BCUT2D eigenvalue weighted by Crippen LogP contribution is 1.99. The Bertz CT molecular complexity index is 156. The van der Waals surface area contributed by atoms with Crippen LogP contribution in [0.25, 0.3) is 0 Å². The van der Waals surface area contributed by atoms with E-state index in [1.165, 1.54) is 0 Å². The number of ether oxygens (including phenoxy) is 1. The summed E-state index contributed by atoms with van der Waals surface area (Å²) in [5.41, 5.74) is 0. The van der Waals surface area contributed by atoms with Crippen molar-refractivity contribution in [3.8, 4) is 0 Å². The van der Waals surface area contributed by atoms with Gasteiger partial charge in [0.25, 0.3) is 0 Å². The van der Waals surface area contributed by atoms with Gasteiger partial charge in [0, 0.05) is 0 Å². The predicted octanol–water partition coefficient (Wildman–Crippen LogP) is -1.79. The highest BCUT2D eigenvalue weighted by atomic mass is 32.2. The molecule has 0 fully saturated rings. The monoisotopic (exact) mass is 316 g/mol. The van der Waals surface area contributed by atoms with Gasteiger partial charge in [0.15, 0.2) is 0 Å². The number of hydrogen-bond acceptors (Lipinski definition) is 5.